The van der Waals surface area contributed by atoms with E-state index in [4.69, 9.17) is 0 Å². The fraction of sp³-hybridized carbons (Fsp3) is 0.812. The summed E-state index contributed by atoms with van der Waals surface area (Å²) in [6, 6.07) is 7.06. The number of nitrogens with one attached hydrogen (secondary N) is 1. The van der Waals surface area contributed by atoms with Crippen molar-refractivity contribution in [2.24, 2.45) is 0 Å². The maximum atomic E-state index is 3.84. The molecule has 0 heterocycles. The highest BCUT2D eigenvalue weighted by molar-refractivity contribution is 5.55. The maximum Gasteiger partial charge on any atom is 0.0375 e. The van der Waals surface area contributed by atoms with Gasteiger partial charge < -0.3 is 5.32 Å². The van der Waals surface area contributed by atoms with Crippen LogP contribution in [-0.2, 0) is 12.8 Å². The number of hydrogen-bond acceptors (Lipinski definition) is 1. The Balaban J connectivity index is 2.47. The predicted octanol–water partition coefficient (Wildman–Crippen LogP) is 11.0. The van der Waals surface area contributed by atoms with E-state index in [9.17, 15) is 0 Å². The molecular formula is C32H59N. The zero-order chi connectivity index (χ0) is 23.8. The number of hydrogen-bond donors (Lipinski definition) is 1. The van der Waals surface area contributed by atoms with E-state index in [0.717, 1.165) is 6.54 Å². The Kier molecular flexibility index (Phi) is 20.8. The van der Waals surface area contributed by atoms with Gasteiger partial charge in [-0.15, -0.1) is 0 Å². The molecule has 0 bridgehead atoms. The van der Waals surface area contributed by atoms with Gasteiger partial charge >= 0.3 is 0 Å². The van der Waals surface area contributed by atoms with E-state index in [0.29, 0.717) is 0 Å². The molecule has 0 aliphatic heterocycles. The van der Waals surface area contributed by atoms with Gasteiger partial charge in [-0.1, -0.05) is 142 Å². The van der Waals surface area contributed by atoms with Gasteiger partial charge in [-0.2, -0.15) is 0 Å². The van der Waals surface area contributed by atoms with Crippen LogP contribution in [0, 0.1) is 0 Å². The molecular weight excluding hydrogens is 398 g/mol. The average molecular weight is 458 g/mol. The van der Waals surface area contributed by atoms with Crippen LogP contribution in [-0.4, -0.2) is 6.54 Å². The molecule has 1 aromatic carbocycles. The molecule has 192 valence electrons. The van der Waals surface area contributed by atoms with Crippen molar-refractivity contribution in [1.29, 1.82) is 0 Å². The van der Waals surface area contributed by atoms with Crippen molar-refractivity contribution in [3.05, 3.63) is 29.3 Å². The Labute approximate surface area is 208 Å². The molecule has 1 heteroatoms. The van der Waals surface area contributed by atoms with Gasteiger partial charge in [0.15, 0.2) is 0 Å². The lowest BCUT2D eigenvalue weighted by atomic mass is 9.94. The highest BCUT2D eigenvalue weighted by atomic mass is 14.9. The minimum Gasteiger partial charge on any atom is -0.385 e. The van der Waals surface area contributed by atoms with Gasteiger partial charge in [0.2, 0.25) is 0 Å². The first-order chi connectivity index (χ1) is 16.3. The molecule has 0 radical (unpaired) electrons. The Hall–Kier alpha value is -0.980. The quantitative estimate of drug-likeness (QED) is 0.152. The summed E-state index contributed by atoms with van der Waals surface area (Å²) < 4.78 is 0. The van der Waals surface area contributed by atoms with Crippen molar-refractivity contribution in [2.45, 2.75) is 162 Å². The SMILES string of the molecule is CCCCCCCCCCNc1cccc(CCCCCCCC)c1CCCCCCCC. The summed E-state index contributed by atoms with van der Waals surface area (Å²) in [5.41, 5.74) is 4.70. The van der Waals surface area contributed by atoms with E-state index in [-0.39, 0.29) is 0 Å². The third kappa shape index (κ3) is 16.3. The second kappa shape index (κ2) is 22.8. The minimum atomic E-state index is 1.14. The molecule has 0 atom stereocenters. The standard InChI is InChI=1S/C32H59N/c1-4-7-10-13-16-17-20-23-29-33-32-28-24-26-30(25-21-18-14-11-8-5-2)31(32)27-22-19-15-12-9-6-3/h24,26,28,33H,4-23,25,27,29H2,1-3H3. The Bertz CT molecular complexity index is 535. The minimum absolute atomic E-state index is 1.14. The summed E-state index contributed by atoms with van der Waals surface area (Å²) in [5, 5.41) is 3.84. The molecule has 0 aliphatic carbocycles. The number of rotatable bonds is 24. The average Bonchev–Trinajstić information content (AvgIpc) is 2.83. The van der Waals surface area contributed by atoms with Crippen LogP contribution in [0.2, 0.25) is 0 Å². The van der Waals surface area contributed by atoms with E-state index >= 15 is 0 Å². The molecule has 0 unspecified atom stereocenters. The lowest BCUT2D eigenvalue weighted by Gasteiger charge is -2.17. The topological polar surface area (TPSA) is 12.0 Å². The first-order valence-corrected chi connectivity index (χ1v) is 15.2. The van der Waals surface area contributed by atoms with Gasteiger partial charge in [-0.05, 0) is 49.3 Å². The van der Waals surface area contributed by atoms with E-state index in [1.807, 2.05) is 0 Å². The van der Waals surface area contributed by atoms with Crippen molar-refractivity contribution in [1.82, 2.24) is 0 Å². The van der Waals surface area contributed by atoms with Crippen LogP contribution in [0.25, 0.3) is 0 Å². The Morgan fingerprint density at radius 1 is 0.485 bits per heavy atom. The lowest BCUT2D eigenvalue weighted by molar-refractivity contribution is 0.581. The van der Waals surface area contributed by atoms with Crippen LogP contribution < -0.4 is 5.32 Å². The number of anilines is 1. The molecule has 1 N–H and O–H groups in total. The van der Waals surface area contributed by atoms with E-state index in [1.54, 1.807) is 11.1 Å². The first-order valence-electron chi connectivity index (χ1n) is 15.2. The van der Waals surface area contributed by atoms with Gasteiger partial charge in [0.1, 0.15) is 0 Å². The smallest absolute Gasteiger partial charge is 0.0375 e. The van der Waals surface area contributed by atoms with Crippen LogP contribution in [0.5, 0.6) is 0 Å². The second-order valence-electron chi connectivity index (χ2n) is 10.4. The van der Waals surface area contributed by atoms with Crippen LogP contribution in [0.15, 0.2) is 18.2 Å². The number of unbranched alkanes of at least 4 members (excludes halogenated alkanes) is 17. The molecule has 0 spiro atoms. The van der Waals surface area contributed by atoms with E-state index in [2.05, 4.69) is 44.3 Å². The summed E-state index contributed by atoms with van der Waals surface area (Å²) in [4.78, 5) is 0. The van der Waals surface area contributed by atoms with Crippen molar-refractivity contribution in [3.8, 4) is 0 Å². The lowest BCUT2D eigenvalue weighted by Crippen LogP contribution is -2.07. The Morgan fingerprint density at radius 2 is 0.939 bits per heavy atom. The molecule has 1 nitrogen and oxygen atoms in total. The van der Waals surface area contributed by atoms with Crippen molar-refractivity contribution < 1.29 is 0 Å². The second-order valence-corrected chi connectivity index (χ2v) is 10.4. The number of benzene rings is 1. The fourth-order valence-corrected chi connectivity index (χ4v) is 4.99. The number of aryl methyl sites for hydroxylation is 1. The summed E-state index contributed by atoms with van der Waals surface area (Å²) in [6.45, 7) is 8.05. The largest absolute Gasteiger partial charge is 0.385 e. The van der Waals surface area contributed by atoms with Crippen LogP contribution in [0.4, 0.5) is 5.69 Å². The fourth-order valence-electron chi connectivity index (χ4n) is 4.99. The van der Waals surface area contributed by atoms with Gasteiger partial charge in [0.25, 0.3) is 0 Å². The van der Waals surface area contributed by atoms with Crippen LogP contribution in [0.1, 0.15) is 160 Å². The molecule has 0 aromatic heterocycles. The van der Waals surface area contributed by atoms with Crippen LogP contribution in [0.3, 0.4) is 0 Å². The Morgan fingerprint density at radius 3 is 1.48 bits per heavy atom. The van der Waals surface area contributed by atoms with E-state index < -0.39 is 0 Å². The summed E-state index contributed by atoms with van der Waals surface area (Å²) in [7, 11) is 0. The predicted molar refractivity (Wildman–Crippen MR) is 152 cm³/mol. The normalized spacial score (nSPS) is 11.2. The molecule has 1 aromatic rings. The van der Waals surface area contributed by atoms with Gasteiger partial charge in [0.05, 0.1) is 0 Å². The summed E-state index contributed by atoms with van der Waals surface area (Å²) in [5.74, 6) is 0. The molecule has 0 aliphatic rings. The van der Waals surface area contributed by atoms with Crippen molar-refractivity contribution >= 4 is 5.69 Å². The highest BCUT2D eigenvalue weighted by Gasteiger charge is 2.09. The molecule has 0 amide bonds. The van der Waals surface area contributed by atoms with Gasteiger partial charge in [-0.3, -0.25) is 0 Å². The molecule has 33 heavy (non-hydrogen) atoms. The molecule has 0 saturated carbocycles. The molecule has 0 fully saturated rings. The molecule has 1 rings (SSSR count). The third-order valence-corrected chi connectivity index (χ3v) is 7.20. The summed E-state index contributed by atoms with van der Waals surface area (Å²) in [6.07, 6.45) is 30.3. The van der Waals surface area contributed by atoms with Gasteiger partial charge in [0, 0.05) is 12.2 Å². The monoisotopic (exact) mass is 457 g/mol. The first kappa shape index (κ1) is 30.1. The maximum absolute atomic E-state index is 3.84. The summed E-state index contributed by atoms with van der Waals surface area (Å²) >= 11 is 0. The molecule has 0 saturated heterocycles. The zero-order valence-corrected chi connectivity index (χ0v) is 23.0. The zero-order valence-electron chi connectivity index (χ0n) is 23.0. The van der Waals surface area contributed by atoms with Gasteiger partial charge in [-0.25, -0.2) is 0 Å². The third-order valence-electron chi connectivity index (χ3n) is 7.20. The highest BCUT2D eigenvalue weighted by Crippen LogP contribution is 2.25. The van der Waals surface area contributed by atoms with Crippen molar-refractivity contribution in [3.63, 3.8) is 0 Å². The van der Waals surface area contributed by atoms with Crippen LogP contribution >= 0.6 is 0 Å². The van der Waals surface area contributed by atoms with Crippen molar-refractivity contribution in [2.75, 3.05) is 11.9 Å². The van der Waals surface area contributed by atoms with E-state index in [1.165, 1.54) is 147 Å².